The number of Topliss-reactive ketones (excluding diaryl/α,β-unsaturated/α-hetero) is 1. The van der Waals surface area contributed by atoms with Crippen LogP contribution in [0.5, 0.6) is 0 Å². The van der Waals surface area contributed by atoms with Crippen LogP contribution in [0, 0.1) is 0 Å². The minimum atomic E-state index is -1.39. The molecule has 0 heterocycles. The van der Waals surface area contributed by atoms with Crippen molar-refractivity contribution in [3.05, 3.63) is 0 Å². The Bertz CT molecular complexity index is 1510. The number of rotatable bonds is 61. The number of thioether (sulfide) groups is 1. The molecular formula is C54H103N7O17S. The molecule has 0 saturated heterocycles. The topological polar surface area (TPSA) is 321 Å². The third-order valence-corrected chi connectivity index (χ3v) is 12.5. The van der Waals surface area contributed by atoms with Crippen LogP contribution in [0.4, 0.5) is 0 Å². The summed E-state index contributed by atoms with van der Waals surface area (Å²) in [5, 5.41) is 25.5. The first-order valence-electron chi connectivity index (χ1n) is 28.8. The predicted molar refractivity (Wildman–Crippen MR) is 302 cm³/mol. The number of ketones is 1. The largest absolute Gasteiger partial charge is 0.465 e. The van der Waals surface area contributed by atoms with E-state index in [1.807, 2.05) is 7.05 Å². The maximum atomic E-state index is 13.3. The summed E-state index contributed by atoms with van der Waals surface area (Å²) in [6.07, 6.45) is 18.7. The number of hydrogen-bond donors (Lipinski definition) is 8. The summed E-state index contributed by atoms with van der Waals surface area (Å²) >= 11 is 1.23. The molecule has 79 heavy (non-hydrogen) atoms. The Morgan fingerprint density at radius 1 is 0.468 bits per heavy atom. The van der Waals surface area contributed by atoms with Gasteiger partial charge in [-0.25, -0.2) is 0 Å². The molecule has 0 aliphatic heterocycles. The highest BCUT2D eigenvalue weighted by Crippen LogP contribution is 2.13. The average molecular weight is 1150 g/mol. The molecule has 462 valence electrons. The van der Waals surface area contributed by atoms with Crippen LogP contribution in [-0.4, -0.2) is 229 Å². The van der Waals surface area contributed by atoms with Crippen molar-refractivity contribution in [1.82, 2.24) is 31.9 Å². The summed E-state index contributed by atoms with van der Waals surface area (Å²) in [7, 11) is 1.89. The number of ether oxygens (including phenoxy) is 9. The van der Waals surface area contributed by atoms with E-state index in [0.717, 1.165) is 45.1 Å². The van der Waals surface area contributed by atoms with E-state index in [9.17, 15) is 38.7 Å². The van der Waals surface area contributed by atoms with Crippen LogP contribution in [0.25, 0.3) is 0 Å². The first kappa shape index (κ1) is 75.4. The zero-order valence-corrected chi connectivity index (χ0v) is 48.8. The number of unbranched alkanes of at least 4 members (excludes halogenated alkanes) is 12. The molecule has 0 saturated carbocycles. The molecule has 0 aromatic carbocycles. The molecule has 0 aliphatic carbocycles. The monoisotopic (exact) mass is 1150 g/mol. The van der Waals surface area contributed by atoms with E-state index in [-0.39, 0.29) is 18.3 Å². The van der Waals surface area contributed by atoms with Crippen molar-refractivity contribution in [3.63, 3.8) is 0 Å². The zero-order valence-electron chi connectivity index (χ0n) is 48.0. The van der Waals surface area contributed by atoms with Gasteiger partial charge >= 0.3 is 5.97 Å². The van der Waals surface area contributed by atoms with Crippen molar-refractivity contribution < 1.29 is 81.3 Å². The van der Waals surface area contributed by atoms with Crippen molar-refractivity contribution in [1.29, 1.82) is 0 Å². The van der Waals surface area contributed by atoms with E-state index in [0.29, 0.717) is 124 Å². The Kier molecular flexibility index (Phi) is 56.3. The van der Waals surface area contributed by atoms with Gasteiger partial charge in [-0.15, -0.1) is 0 Å². The van der Waals surface area contributed by atoms with Crippen LogP contribution in [-0.2, 0) is 76.2 Å². The van der Waals surface area contributed by atoms with E-state index in [1.54, 1.807) is 0 Å². The first-order chi connectivity index (χ1) is 38.6. The van der Waals surface area contributed by atoms with Crippen molar-refractivity contribution in [3.8, 4) is 0 Å². The lowest BCUT2D eigenvalue weighted by Crippen LogP contribution is -2.53. The Balaban J connectivity index is 4.76. The summed E-state index contributed by atoms with van der Waals surface area (Å²) in [4.78, 5) is 88.6. The van der Waals surface area contributed by atoms with Gasteiger partial charge in [-0.2, -0.15) is 11.8 Å². The summed E-state index contributed by atoms with van der Waals surface area (Å²) in [5.74, 6) is -3.89. The minimum absolute atomic E-state index is 0.0229. The highest BCUT2D eigenvalue weighted by atomic mass is 32.2. The second kappa shape index (κ2) is 59.0. The minimum Gasteiger partial charge on any atom is -0.465 e. The number of aliphatic hydroxyl groups excluding tert-OH is 1. The van der Waals surface area contributed by atoms with Crippen LogP contribution in [0.15, 0.2) is 0 Å². The van der Waals surface area contributed by atoms with E-state index < -0.39 is 87.0 Å². The summed E-state index contributed by atoms with van der Waals surface area (Å²) in [6, 6.07) is -2.57. The average Bonchev–Trinajstić information content (AvgIpc) is 3.43. The molecule has 0 fully saturated rings. The number of nitrogens with two attached hydrogens (primary N) is 1. The lowest BCUT2D eigenvalue weighted by molar-refractivity contribution is -0.143. The second-order valence-corrected chi connectivity index (χ2v) is 19.7. The van der Waals surface area contributed by atoms with Gasteiger partial charge in [0.2, 0.25) is 29.5 Å². The van der Waals surface area contributed by atoms with Gasteiger partial charge in [-0.05, 0) is 52.2 Å². The van der Waals surface area contributed by atoms with Crippen molar-refractivity contribution in [2.45, 2.75) is 135 Å². The normalized spacial score (nSPS) is 11.9. The fraction of sp³-hybridized carbons (Fsp3) is 0.870. The van der Waals surface area contributed by atoms with E-state index in [2.05, 4.69) is 38.8 Å². The van der Waals surface area contributed by atoms with Crippen LogP contribution >= 0.6 is 11.8 Å². The number of nitrogens with one attached hydrogen (secondary N) is 6. The number of esters is 1. The fourth-order valence-electron chi connectivity index (χ4n) is 7.07. The second-order valence-electron chi connectivity index (χ2n) is 18.6. The summed E-state index contributed by atoms with van der Waals surface area (Å²) in [5.41, 5.74) is 5.41. The molecule has 0 aromatic heterocycles. The van der Waals surface area contributed by atoms with Gasteiger partial charge in [-0.1, -0.05) is 84.0 Å². The SMILES string of the molecule is CCCCCCCCCCCCCCCC(=O)OCCSC[C@H](NC(=O)COCC(=O)NCCCOCCOCCOCCCNC)C(=O)NCC(=O)N[C@H](CO)C(=O)COCC(=O)NCCCOCCOCCOCCCN. The molecule has 0 bridgehead atoms. The van der Waals surface area contributed by atoms with Gasteiger partial charge in [0.1, 0.15) is 45.1 Å². The van der Waals surface area contributed by atoms with Crippen LogP contribution < -0.4 is 37.6 Å². The highest BCUT2D eigenvalue weighted by Gasteiger charge is 2.24. The van der Waals surface area contributed by atoms with E-state index in [4.69, 9.17) is 48.4 Å². The molecule has 9 N–H and O–H groups in total. The van der Waals surface area contributed by atoms with Gasteiger partial charge in [0, 0.05) is 57.4 Å². The molecule has 0 unspecified atom stereocenters. The molecular weight excluding hydrogens is 1050 g/mol. The van der Waals surface area contributed by atoms with Crippen molar-refractivity contribution in [2.24, 2.45) is 5.73 Å². The Hall–Kier alpha value is -3.60. The quantitative estimate of drug-likeness (QED) is 0.0316. The van der Waals surface area contributed by atoms with Gasteiger partial charge in [0.05, 0.1) is 66.0 Å². The maximum Gasteiger partial charge on any atom is 0.305 e. The van der Waals surface area contributed by atoms with Crippen LogP contribution in [0.3, 0.4) is 0 Å². The molecule has 0 aromatic rings. The molecule has 24 nitrogen and oxygen atoms in total. The lowest BCUT2D eigenvalue weighted by Gasteiger charge is -2.19. The van der Waals surface area contributed by atoms with Gasteiger partial charge < -0.3 is 85.4 Å². The number of aliphatic hydroxyl groups is 1. The Labute approximate surface area is 475 Å². The first-order valence-corrected chi connectivity index (χ1v) is 30.0. The van der Waals surface area contributed by atoms with Crippen molar-refractivity contribution in [2.75, 3.05) is 170 Å². The third-order valence-electron chi connectivity index (χ3n) is 11.5. The molecule has 0 radical (unpaired) electrons. The molecule has 0 spiro atoms. The van der Waals surface area contributed by atoms with Gasteiger partial charge in [0.25, 0.3) is 0 Å². The molecule has 0 rings (SSSR count). The highest BCUT2D eigenvalue weighted by molar-refractivity contribution is 7.99. The van der Waals surface area contributed by atoms with Crippen LogP contribution in [0.2, 0.25) is 0 Å². The Morgan fingerprint density at radius 3 is 1.41 bits per heavy atom. The molecule has 2 atom stereocenters. The van der Waals surface area contributed by atoms with Crippen LogP contribution in [0.1, 0.15) is 122 Å². The fourth-order valence-corrected chi connectivity index (χ4v) is 7.90. The molecule has 5 amide bonds. The number of carbonyl (C=O) groups is 7. The summed E-state index contributed by atoms with van der Waals surface area (Å²) < 4.78 is 48.5. The Morgan fingerprint density at radius 2 is 0.911 bits per heavy atom. The van der Waals surface area contributed by atoms with Gasteiger partial charge in [-0.3, -0.25) is 33.6 Å². The smallest absolute Gasteiger partial charge is 0.305 e. The summed E-state index contributed by atoms with van der Waals surface area (Å²) in [6.45, 7) is 6.67. The number of carbonyl (C=O) groups excluding carboxylic acids is 7. The zero-order chi connectivity index (χ0) is 57.9. The van der Waals surface area contributed by atoms with E-state index >= 15 is 0 Å². The van der Waals surface area contributed by atoms with E-state index in [1.165, 1.54) is 69.5 Å². The molecule has 25 heteroatoms. The third kappa shape index (κ3) is 53.5. The maximum absolute atomic E-state index is 13.3. The lowest BCUT2D eigenvalue weighted by atomic mass is 10.0. The number of amides is 5. The predicted octanol–water partition coefficient (Wildman–Crippen LogP) is 1.49. The van der Waals surface area contributed by atoms with Crippen molar-refractivity contribution >= 4 is 53.1 Å². The standard InChI is InChI=1S/C54H103N7O17S/c1-3-4-5-6-7-8-9-10-11-12-13-14-15-20-53(68)78-37-38-79-45-47(61-52(67)44-77-43-51(66)58-24-19-28-73-32-36-75-34-30-71-26-17-22-56-2)54(69)59-39-49(64)60-46(40-62)48(63)41-76-42-50(65)57-23-18-27-72-31-35-74-33-29-70-25-16-21-55/h46-47,56,62H,3-45,55H2,1-2H3,(H,57,65)(H,58,66)(H,59,69)(H,60,64)(H,61,67)/t46-,47+/m1/s1. The van der Waals surface area contributed by atoms with Gasteiger partial charge in [0.15, 0.2) is 5.78 Å². The molecule has 0 aliphatic rings. The number of hydrogen-bond acceptors (Lipinski definition) is 20.